The minimum absolute atomic E-state index is 0.263. The molecule has 4 rings (SSSR count). The third-order valence-corrected chi connectivity index (χ3v) is 3.64. The molecule has 1 amide bonds. The number of anilines is 2. The fraction of sp³-hybridized carbons (Fsp3) is 0. The van der Waals surface area contributed by atoms with Gasteiger partial charge in [0.1, 0.15) is 17.2 Å². The lowest BCUT2D eigenvalue weighted by Crippen LogP contribution is -2.12. The van der Waals surface area contributed by atoms with E-state index in [-0.39, 0.29) is 17.2 Å². The van der Waals surface area contributed by atoms with Crippen LogP contribution in [-0.2, 0) is 0 Å². The second-order valence-electron chi connectivity index (χ2n) is 5.30. The van der Waals surface area contributed by atoms with Crippen LogP contribution in [0.15, 0.2) is 48.9 Å². The Morgan fingerprint density at radius 2 is 2.16 bits per heavy atom. The summed E-state index contributed by atoms with van der Waals surface area (Å²) < 4.78 is 14.9. The molecule has 0 saturated carbocycles. The molecule has 4 aromatic rings. The number of benzene rings is 1. The molecule has 0 saturated heterocycles. The van der Waals surface area contributed by atoms with Crippen molar-refractivity contribution in [1.29, 1.82) is 0 Å². The quantitative estimate of drug-likeness (QED) is 0.530. The van der Waals surface area contributed by atoms with Crippen molar-refractivity contribution in [3.63, 3.8) is 0 Å². The third kappa shape index (κ3) is 2.67. The van der Waals surface area contributed by atoms with E-state index in [0.717, 1.165) is 0 Å². The molecule has 25 heavy (non-hydrogen) atoms. The summed E-state index contributed by atoms with van der Waals surface area (Å²) in [5.74, 6) is -0.523. The van der Waals surface area contributed by atoms with Crippen molar-refractivity contribution in [2.45, 2.75) is 0 Å². The van der Waals surface area contributed by atoms with Crippen LogP contribution >= 0.6 is 0 Å². The highest BCUT2D eigenvalue weighted by atomic mass is 19.1. The maximum absolute atomic E-state index is 13.4. The summed E-state index contributed by atoms with van der Waals surface area (Å²) in [5, 5.41) is 13.5. The van der Waals surface area contributed by atoms with Crippen molar-refractivity contribution in [2.24, 2.45) is 0 Å². The molecular weight excluding hydrogens is 325 g/mol. The predicted molar refractivity (Wildman–Crippen MR) is 89.3 cm³/mol. The van der Waals surface area contributed by atoms with E-state index in [2.05, 4.69) is 25.6 Å². The number of amides is 1. The highest BCUT2D eigenvalue weighted by Crippen LogP contribution is 2.26. The van der Waals surface area contributed by atoms with E-state index >= 15 is 0 Å². The molecule has 9 heteroatoms. The second-order valence-corrected chi connectivity index (χ2v) is 5.30. The maximum Gasteiger partial charge on any atom is 0.261 e. The average molecular weight is 337 g/mol. The lowest BCUT2D eigenvalue weighted by Gasteiger charge is -2.05. The molecule has 0 spiro atoms. The first-order valence-electron chi connectivity index (χ1n) is 7.32. The Labute approximate surface area is 140 Å². The smallest absolute Gasteiger partial charge is 0.261 e. The first-order chi connectivity index (χ1) is 12.1. The molecule has 0 bridgehead atoms. The number of halogens is 1. The summed E-state index contributed by atoms with van der Waals surface area (Å²) in [6, 6.07) is 7.56. The van der Waals surface area contributed by atoms with Crippen LogP contribution in [0.4, 0.5) is 15.9 Å². The molecule has 1 aromatic carbocycles. The number of carbonyl (C=O) groups excluding carboxylic acids is 1. The van der Waals surface area contributed by atoms with Gasteiger partial charge < -0.3 is 11.1 Å². The predicted octanol–water partition coefficient (Wildman–Crippen LogP) is 2.09. The van der Waals surface area contributed by atoms with E-state index in [4.69, 9.17) is 5.73 Å². The number of carbonyl (C=O) groups is 1. The van der Waals surface area contributed by atoms with Crippen LogP contribution in [0.25, 0.3) is 16.9 Å². The molecular formula is C16H12FN7O. The Balaban J connectivity index is 1.68. The number of hydrogen-bond donors (Lipinski definition) is 3. The summed E-state index contributed by atoms with van der Waals surface area (Å²) in [6.07, 6.45) is 4.47. The first kappa shape index (κ1) is 14.8. The Morgan fingerprint density at radius 1 is 1.28 bits per heavy atom. The van der Waals surface area contributed by atoms with Gasteiger partial charge in [-0.25, -0.2) is 13.9 Å². The zero-order valence-electron chi connectivity index (χ0n) is 12.8. The molecule has 0 aliphatic heterocycles. The van der Waals surface area contributed by atoms with E-state index in [9.17, 15) is 9.18 Å². The first-order valence-corrected chi connectivity index (χ1v) is 7.32. The summed E-state index contributed by atoms with van der Waals surface area (Å²) in [6.45, 7) is 0. The zero-order valence-corrected chi connectivity index (χ0v) is 12.8. The largest absolute Gasteiger partial charge is 0.384 e. The van der Waals surface area contributed by atoms with Gasteiger partial charge in [-0.05, 0) is 18.2 Å². The normalized spacial score (nSPS) is 10.9. The lowest BCUT2D eigenvalue weighted by atomic mass is 10.1. The molecule has 0 fully saturated rings. The number of nitrogens with zero attached hydrogens (tertiary/aromatic N) is 4. The van der Waals surface area contributed by atoms with Crippen molar-refractivity contribution in [2.75, 3.05) is 11.1 Å². The Hall–Kier alpha value is -3.75. The monoisotopic (exact) mass is 337 g/mol. The molecule has 4 N–H and O–H groups in total. The number of nitrogens with two attached hydrogens (primary N) is 1. The Bertz CT molecular complexity index is 1080. The second kappa shape index (κ2) is 5.71. The van der Waals surface area contributed by atoms with E-state index in [1.165, 1.54) is 29.0 Å². The van der Waals surface area contributed by atoms with Crippen LogP contribution in [0.1, 0.15) is 10.4 Å². The molecule has 0 aliphatic carbocycles. The Kier molecular flexibility index (Phi) is 3.38. The van der Waals surface area contributed by atoms with Gasteiger partial charge in [-0.1, -0.05) is 12.1 Å². The van der Waals surface area contributed by atoms with E-state index in [1.54, 1.807) is 24.4 Å². The summed E-state index contributed by atoms with van der Waals surface area (Å²) in [4.78, 5) is 16.7. The van der Waals surface area contributed by atoms with Gasteiger partial charge in [-0.15, -0.1) is 0 Å². The highest BCUT2D eigenvalue weighted by Gasteiger charge is 2.17. The van der Waals surface area contributed by atoms with Gasteiger partial charge in [0.25, 0.3) is 5.91 Å². The van der Waals surface area contributed by atoms with Crippen LogP contribution in [0.5, 0.6) is 0 Å². The van der Waals surface area contributed by atoms with Gasteiger partial charge in [0.15, 0.2) is 5.65 Å². The van der Waals surface area contributed by atoms with Crippen LogP contribution in [0, 0.1) is 5.82 Å². The van der Waals surface area contributed by atoms with E-state index in [1.807, 2.05) is 0 Å². The topological polar surface area (TPSA) is 114 Å². The number of hydrogen-bond acceptors (Lipinski definition) is 5. The van der Waals surface area contributed by atoms with Gasteiger partial charge in [-0.3, -0.25) is 9.89 Å². The lowest BCUT2D eigenvalue weighted by molar-refractivity contribution is 0.102. The number of fused-ring (bicyclic) bond motifs is 1. The van der Waals surface area contributed by atoms with E-state index in [0.29, 0.717) is 22.6 Å². The van der Waals surface area contributed by atoms with Gasteiger partial charge in [-0.2, -0.15) is 10.2 Å². The molecule has 0 atom stereocenters. The number of H-pyrrole nitrogens is 1. The summed E-state index contributed by atoms with van der Waals surface area (Å²) in [5.41, 5.74) is 7.75. The number of rotatable bonds is 3. The molecule has 0 unspecified atom stereocenters. The minimum Gasteiger partial charge on any atom is -0.384 e. The number of nitrogens with one attached hydrogen (secondary N) is 2. The molecule has 0 aliphatic rings. The summed E-state index contributed by atoms with van der Waals surface area (Å²) in [7, 11) is 0. The van der Waals surface area contributed by atoms with Crippen molar-refractivity contribution in [1.82, 2.24) is 24.8 Å². The van der Waals surface area contributed by atoms with Gasteiger partial charge in [0.05, 0.1) is 23.8 Å². The van der Waals surface area contributed by atoms with Gasteiger partial charge in [0.2, 0.25) is 0 Å². The van der Waals surface area contributed by atoms with E-state index < -0.39 is 5.91 Å². The number of aromatic nitrogens is 5. The third-order valence-electron chi connectivity index (χ3n) is 3.64. The van der Waals surface area contributed by atoms with Crippen LogP contribution in [0.2, 0.25) is 0 Å². The van der Waals surface area contributed by atoms with Gasteiger partial charge >= 0.3 is 0 Å². The molecule has 8 nitrogen and oxygen atoms in total. The zero-order chi connectivity index (χ0) is 17.4. The number of nitrogen functional groups attached to an aromatic ring is 1. The number of aromatic amines is 1. The fourth-order valence-electron chi connectivity index (χ4n) is 2.48. The highest BCUT2D eigenvalue weighted by molar-refractivity contribution is 6.09. The van der Waals surface area contributed by atoms with Crippen LogP contribution < -0.4 is 11.1 Å². The maximum atomic E-state index is 13.4. The Morgan fingerprint density at radius 3 is 3.00 bits per heavy atom. The summed E-state index contributed by atoms with van der Waals surface area (Å²) >= 11 is 0. The van der Waals surface area contributed by atoms with Crippen molar-refractivity contribution in [3.8, 4) is 11.3 Å². The molecule has 124 valence electrons. The standard InChI is InChI=1S/C16H12FN7O/c17-10-3-1-2-9(6-10)14-12(8-19-23-14)21-16(25)11-7-20-24-5-4-13(18)22-15(11)24/h1-8H,(H2,18,22)(H,19,23)(H,21,25). The molecule has 3 aromatic heterocycles. The molecule has 0 radical (unpaired) electrons. The average Bonchev–Trinajstić information content (AvgIpc) is 3.21. The van der Waals surface area contributed by atoms with Gasteiger partial charge in [0, 0.05) is 11.8 Å². The van der Waals surface area contributed by atoms with Crippen LogP contribution in [-0.4, -0.2) is 30.7 Å². The fourth-order valence-corrected chi connectivity index (χ4v) is 2.48. The minimum atomic E-state index is -0.424. The SMILES string of the molecule is Nc1ccn2ncc(C(=O)Nc3cn[nH]c3-c3cccc(F)c3)c2n1. The van der Waals surface area contributed by atoms with Crippen LogP contribution in [0.3, 0.4) is 0 Å². The molecule has 3 heterocycles. The van der Waals surface area contributed by atoms with Crippen molar-refractivity contribution >= 4 is 23.1 Å². The van der Waals surface area contributed by atoms with Crippen molar-refractivity contribution in [3.05, 3.63) is 60.3 Å². The van der Waals surface area contributed by atoms with Crippen molar-refractivity contribution < 1.29 is 9.18 Å².